The quantitative estimate of drug-likeness (QED) is 0.422. The van der Waals surface area contributed by atoms with Crippen molar-refractivity contribution in [3.05, 3.63) is 70.0 Å². The van der Waals surface area contributed by atoms with Gasteiger partial charge in [-0.2, -0.15) is 26.3 Å². The number of benzene rings is 2. The van der Waals surface area contributed by atoms with Crippen molar-refractivity contribution in [1.82, 2.24) is 15.1 Å². The number of piperidine rings is 1. The van der Waals surface area contributed by atoms with E-state index in [1.54, 1.807) is 13.0 Å². The maximum Gasteiger partial charge on any atom is 0.416 e. The lowest BCUT2D eigenvalue weighted by molar-refractivity contribution is -0.143. The van der Waals surface area contributed by atoms with Crippen LogP contribution in [0.1, 0.15) is 72.5 Å². The van der Waals surface area contributed by atoms with Gasteiger partial charge in [0.05, 0.1) is 23.2 Å². The standard InChI is InChI=1S/C27H28F7N3O2/c1-15-10-20(28)4-5-21(15)22-14-25(7-6-23(38)35-25)8-9-37(22)24(39)36(3)16(2)17-11-18(26(29,30)31)13-19(12-17)27(32,33)34/h4-5,10-13,16,22H,6-9,14H2,1-3H3,(H,35,38)/t16-,22?,25?/m1/s1. The fraction of sp³-hybridized carbons (Fsp3) is 0.481. The number of urea groups is 1. The molecule has 12 heteroatoms. The van der Waals surface area contributed by atoms with Gasteiger partial charge in [-0.3, -0.25) is 4.79 Å². The number of nitrogens with zero attached hydrogens (tertiary/aromatic N) is 2. The summed E-state index contributed by atoms with van der Waals surface area (Å²) in [6.07, 6.45) is -8.39. The second-order valence-corrected chi connectivity index (χ2v) is 10.4. The normalized spacial score (nSPS) is 22.7. The molecule has 5 nitrogen and oxygen atoms in total. The Morgan fingerprint density at radius 2 is 1.67 bits per heavy atom. The zero-order valence-corrected chi connectivity index (χ0v) is 21.5. The van der Waals surface area contributed by atoms with Gasteiger partial charge >= 0.3 is 18.4 Å². The lowest BCUT2D eigenvalue weighted by Crippen LogP contribution is -2.55. The number of carbonyl (C=O) groups excluding carboxylic acids is 2. The lowest BCUT2D eigenvalue weighted by atomic mass is 9.79. The molecular weight excluding hydrogens is 531 g/mol. The highest BCUT2D eigenvalue weighted by atomic mass is 19.4. The largest absolute Gasteiger partial charge is 0.416 e. The van der Waals surface area contributed by atoms with E-state index in [9.17, 15) is 40.3 Å². The van der Waals surface area contributed by atoms with E-state index in [2.05, 4.69) is 5.32 Å². The summed E-state index contributed by atoms with van der Waals surface area (Å²) >= 11 is 0. The third-order valence-electron chi connectivity index (χ3n) is 7.84. The van der Waals surface area contributed by atoms with Gasteiger partial charge in [-0.15, -0.1) is 0 Å². The van der Waals surface area contributed by atoms with E-state index in [-0.39, 0.29) is 24.1 Å². The predicted octanol–water partition coefficient (Wildman–Crippen LogP) is 6.77. The van der Waals surface area contributed by atoms with Crippen molar-refractivity contribution in [2.24, 2.45) is 0 Å². The Balaban J connectivity index is 1.68. The number of aryl methyl sites for hydroxylation is 1. The Labute approximate surface area is 221 Å². The average Bonchev–Trinajstić information content (AvgIpc) is 3.20. The summed E-state index contributed by atoms with van der Waals surface area (Å²) in [6.45, 7) is 3.21. The van der Waals surface area contributed by atoms with Crippen molar-refractivity contribution < 1.29 is 40.3 Å². The highest BCUT2D eigenvalue weighted by Crippen LogP contribution is 2.43. The molecule has 2 aromatic rings. The zero-order chi connectivity index (χ0) is 28.9. The number of halogens is 7. The average molecular weight is 560 g/mol. The minimum atomic E-state index is -5.02. The molecule has 2 aliphatic heterocycles. The van der Waals surface area contributed by atoms with Gasteiger partial charge in [-0.25, -0.2) is 9.18 Å². The van der Waals surface area contributed by atoms with Crippen molar-refractivity contribution in [2.75, 3.05) is 13.6 Å². The van der Waals surface area contributed by atoms with Crippen LogP contribution in [0.15, 0.2) is 36.4 Å². The van der Waals surface area contributed by atoms with Gasteiger partial charge in [-0.05, 0) is 80.1 Å². The molecule has 4 rings (SSSR count). The van der Waals surface area contributed by atoms with E-state index in [4.69, 9.17) is 0 Å². The first-order chi connectivity index (χ1) is 18.0. The topological polar surface area (TPSA) is 52.7 Å². The van der Waals surface area contributed by atoms with Crippen LogP contribution in [0.4, 0.5) is 35.5 Å². The number of amides is 3. The molecule has 0 bridgehead atoms. The van der Waals surface area contributed by atoms with Crippen LogP contribution in [-0.2, 0) is 17.1 Å². The van der Waals surface area contributed by atoms with Crippen LogP contribution < -0.4 is 5.32 Å². The minimum absolute atomic E-state index is 0.0470. The molecule has 1 N–H and O–H groups in total. The number of rotatable bonds is 3. The molecule has 2 unspecified atom stereocenters. The minimum Gasteiger partial charge on any atom is -0.350 e. The fourth-order valence-corrected chi connectivity index (χ4v) is 5.52. The Kier molecular flexibility index (Phi) is 7.37. The van der Waals surface area contributed by atoms with Crippen LogP contribution in [0, 0.1) is 12.7 Å². The summed E-state index contributed by atoms with van der Waals surface area (Å²) in [5.41, 5.74) is -2.59. The number of hydrogen-bond acceptors (Lipinski definition) is 2. The third-order valence-corrected chi connectivity index (χ3v) is 7.84. The smallest absolute Gasteiger partial charge is 0.350 e. The summed E-state index contributed by atoms with van der Waals surface area (Å²) in [6, 6.07) is 3.05. The molecule has 3 amide bonds. The predicted molar refractivity (Wildman–Crippen MR) is 128 cm³/mol. The second-order valence-electron chi connectivity index (χ2n) is 10.4. The van der Waals surface area contributed by atoms with Gasteiger partial charge in [0.2, 0.25) is 5.91 Å². The first kappa shape index (κ1) is 28.7. The van der Waals surface area contributed by atoms with E-state index in [1.165, 1.54) is 31.0 Å². The summed E-state index contributed by atoms with van der Waals surface area (Å²) in [5, 5.41) is 3.00. The van der Waals surface area contributed by atoms with Crippen LogP contribution in [0.25, 0.3) is 0 Å². The summed E-state index contributed by atoms with van der Waals surface area (Å²) in [4.78, 5) is 28.4. The molecule has 0 aromatic heterocycles. The van der Waals surface area contributed by atoms with Crippen molar-refractivity contribution in [3.8, 4) is 0 Å². The number of hydrogen-bond donors (Lipinski definition) is 1. The number of carbonyl (C=O) groups is 2. The van der Waals surface area contributed by atoms with E-state index in [0.717, 1.165) is 4.90 Å². The molecule has 2 aliphatic rings. The van der Waals surface area contributed by atoms with Crippen LogP contribution >= 0.6 is 0 Å². The fourth-order valence-electron chi connectivity index (χ4n) is 5.52. The Morgan fingerprint density at radius 1 is 1.05 bits per heavy atom. The van der Waals surface area contributed by atoms with Crippen LogP contribution in [-0.4, -0.2) is 40.9 Å². The molecular formula is C27H28F7N3O2. The van der Waals surface area contributed by atoms with Gasteiger partial charge in [0, 0.05) is 25.6 Å². The number of nitrogens with one attached hydrogen (secondary N) is 1. The highest BCUT2D eigenvalue weighted by molar-refractivity contribution is 5.80. The number of likely N-dealkylation sites (tertiary alicyclic amines) is 1. The molecule has 2 saturated heterocycles. The Bertz CT molecular complexity index is 1240. The van der Waals surface area contributed by atoms with Crippen molar-refractivity contribution in [2.45, 2.75) is 69.5 Å². The SMILES string of the molecule is Cc1cc(F)ccc1C1CC2(CCC(=O)N2)CCN1C(=O)N(C)[C@H](C)c1cc(C(F)(F)F)cc(C(F)(F)F)c1. The maximum absolute atomic E-state index is 13.9. The molecule has 2 fully saturated rings. The molecule has 212 valence electrons. The maximum atomic E-state index is 13.9. The Morgan fingerprint density at radius 3 is 2.18 bits per heavy atom. The van der Waals surface area contributed by atoms with Crippen molar-refractivity contribution >= 4 is 11.9 Å². The van der Waals surface area contributed by atoms with Crippen LogP contribution in [0.2, 0.25) is 0 Å². The zero-order valence-electron chi connectivity index (χ0n) is 21.5. The van der Waals surface area contributed by atoms with Crippen LogP contribution in [0.3, 0.4) is 0 Å². The van der Waals surface area contributed by atoms with Gasteiger partial charge in [0.15, 0.2) is 0 Å². The van der Waals surface area contributed by atoms with E-state index in [0.29, 0.717) is 48.9 Å². The molecule has 2 heterocycles. The van der Waals surface area contributed by atoms with Gasteiger partial charge in [0.25, 0.3) is 0 Å². The van der Waals surface area contributed by atoms with Crippen LogP contribution in [0.5, 0.6) is 0 Å². The third kappa shape index (κ3) is 5.84. The van der Waals surface area contributed by atoms with Gasteiger partial charge in [0.1, 0.15) is 5.82 Å². The monoisotopic (exact) mass is 559 g/mol. The van der Waals surface area contributed by atoms with Gasteiger partial charge in [-0.1, -0.05) is 6.07 Å². The van der Waals surface area contributed by atoms with Crippen molar-refractivity contribution in [3.63, 3.8) is 0 Å². The summed E-state index contributed by atoms with van der Waals surface area (Å²) in [5.74, 6) is -0.579. The first-order valence-corrected chi connectivity index (χ1v) is 12.4. The molecule has 0 saturated carbocycles. The van der Waals surface area contributed by atoms with E-state index < -0.39 is 53.0 Å². The van der Waals surface area contributed by atoms with E-state index in [1.807, 2.05) is 0 Å². The molecule has 0 aliphatic carbocycles. The van der Waals surface area contributed by atoms with Gasteiger partial charge < -0.3 is 15.1 Å². The Hall–Kier alpha value is -3.31. The number of alkyl halides is 6. The molecule has 2 aromatic carbocycles. The second kappa shape index (κ2) is 10.0. The molecule has 3 atom stereocenters. The van der Waals surface area contributed by atoms with E-state index >= 15 is 0 Å². The summed E-state index contributed by atoms with van der Waals surface area (Å²) in [7, 11) is 1.32. The molecule has 0 radical (unpaired) electrons. The van der Waals surface area contributed by atoms with Crippen molar-refractivity contribution in [1.29, 1.82) is 0 Å². The summed E-state index contributed by atoms with van der Waals surface area (Å²) < 4.78 is 94.4. The molecule has 1 spiro atoms. The molecule has 39 heavy (non-hydrogen) atoms. The highest BCUT2D eigenvalue weighted by Gasteiger charge is 2.47. The lowest BCUT2D eigenvalue weighted by Gasteiger charge is -2.47. The first-order valence-electron chi connectivity index (χ1n) is 12.4.